The van der Waals surface area contributed by atoms with E-state index >= 15 is 0 Å². The summed E-state index contributed by atoms with van der Waals surface area (Å²) in [6.07, 6.45) is 7.46. The molecular weight excluding hydrogens is 480 g/mol. The molecule has 0 spiro atoms. The molecule has 0 radical (unpaired) electrons. The lowest BCUT2D eigenvalue weighted by Gasteiger charge is -2.29. The first kappa shape index (κ1) is 25.9. The fourth-order valence-corrected chi connectivity index (χ4v) is 7.27. The molecular formula is C31H38N2O3S. The summed E-state index contributed by atoms with van der Waals surface area (Å²) in [5.41, 5.74) is 3.93. The third kappa shape index (κ3) is 6.07. The number of hydrogen-bond acceptors (Lipinski definition) is 4. The van der Waals surface area contributed by atoms with E-state index in [9.17, 15) is 13.2 Å². The monoisotopic (exact) mass is 518 g/mol. The van der Waals surface area contributed by atoms with Crippen molar-refractivity contribution in [3.8, 4) is 0 Å². The first-order valence-corrected chi connectivity index (χ1v) is 15.3. The van der Waals surface area contributed by atoms with Gasteiger partial charge < -0.3 is 5.32 Å². The van der Waals surface area contributed by atoms with Crippen LogP contribution in [0.1, 0.15) is 74.6 Å². The lowest BCUT2D eigenvalue weighted by atomic mass is 9.86. The second-order valence-corrected chi connectivity index (χ2v) is 13.2. The molecule has 5 nitrogen and oxygen atoms in total. The second-order valence-electron chi connectivity index (χ2n) is 10.8. The SMILES string of the molecule is CC(CCC(=O)N[C@@H]1CCCc2cc(CN3CCCCC3)ccc21)S(=O)(=O)c1ccc2ccccc2c1. The number of aryl methyl sites for hydroxylation is 1. The van der Waals surface area contributed by atoms with Crippen LogP contribution >= 0.6 is 0 Å². The quantitative estimate of drug-likeness (QED) is 0.399. The summed E-state index contributed by atoms with van der Waals surface area (Å²) < 4.78 is 26.4. The molecule has 2 atom stereocenters. The van der Waals surface area contributed by atoms with Gasteiger partial charge in [-0.15, -0.1) is 0 Å². The van der Waals surface area contributed by atoms with Crippen LogP contribution in [0.5, 0.6) is 0 Å². The summed E-state index contributed by atoms with van der Waals surface area (Å²) in [6.45, 7) is 5.08. The van der Waals surface area contributed by atoms with Crippen molar-refractivity contribution in [2.75, 3.05) is 13.1 Å². The van der Waals surface area contributed by atoms with Crippen molar-refractivity contribution in [3.63, 3.8) is 0 Å². The Labute approximate surface area is 221 Å². The van der Waals surface area contributed by atoms with Crippen LogP contribution in [0.25, 0.3) is 10.8 Å². The summed E-state index contributed by atoms with van der Waals surface area (Å²) in [6, 6.07) is 19.8. The number of benzene rings is 3. The Morgan fingerprint density at radius 3 is 2.57 bits per heavy atom. The Bertz CT molecular complexity index is 1360. The number of nitrogens with zero attached hydrogens (tertiary/aromatic N) is 1. The maximum atomic E-state index is 13.2. The number of sulfone groups is 1. The van der Waals surface area contributed by atoms with Gasteiger partial charge in [0.1, 0.15) is 0 Å². The molecule has 37 heavy (non-hydrogen) atoms. The minimum atomic E-state index is -3.51. The van der Waals surface area contributed by atoms with Crippen molar-refractivity contribution in [1.82, 2.24) is 10.2 Å². The maximum absolute atomic E-state index is 13.2. The van der Waals surface area contributed by atoms with Gasteiger partial charge in [-0.25, -0.2) is 8.42 Å². The van der Waals surface area contributed by atoms with Gasteiger partial charge >= 0.3 is 0 Å². The largest absolute Gasteiger partial charge is 0.349 e. The van der Waals surface area contributed by atoms with Gasteiger partial charge in [-0.2, -0.15) is 0 Å². The van der Waals surface area contributed by atoms with Gasteiger partial charge in [0.15, 0.2) is 9.84 Å². The topological polar surface area (TPSA) is 66.5 Å². The molecule has 6 heteroatoms. The first-order chi connectivity index (χ1) is 17.9. The van der Waals surface area contributed by atoms with Gasteiger partial charge in [0.05, 0.1) is 16.2 Å². The number of fused-ring (bicyclic) bond motifs is 2. The second kappa shape index (κ2) is 11.4. The summed E-state index contributed by atoms with van der Waals surface area (Å²) in [7, 11) is -3.51. The molecule has 1 unspecified atom stereocenters. The molecule has 1 N–H and O–H groups in total. The molecule has 1 amide bonds. The summed E-state index contributed by atoms with van der Waals surface area (Å²) in [5.74, 6) is -0.0733. The fourth-order valence-electron chi connectivity index (χ4n) is 5.82. The molecule has 1 aliphatic carbocycles. The zero-order valence-corrected chi connectivity index (χ0v) is 22.6. The summed E-state index contributed by atoms with van der Waals surface area (Å²) >= 11 is 0. The third-order valence-corrected chi connectivity index (χ3v) is 10.3. The van der Waals surface area contributed by atoms with Crippen LogP contribution < -0.4 is 5.32 Å². The molecule has 1 fully saturated rings. The number of rotatable bonds is 8. The average molecular weight is 519 g/mol. The zero-order chi connectivity index (χ0) is 25.8. The van der Waals surface area contributed by atoms with Gasteiger partial charge in [-0.05, 0) is 98.1 Å². The van der Waals surface area contributed by atoms with Crippen molar-refractivity contribution in [3.05, 3.63) is 77.4 Å². The Balaban J connectivity index is 1.18. The normalized spacial score (nSPS) is 19.3. The van der Waals surface area contributed by atoms with Gasteiger partial charge in [-0.1, -0.05) is 55.0 Å². The molecule has 3 aromatic carbocycles. The van der Waals surface area contributed by atoms with Crippen LogP contribution in [0, 0.1) is 0 Å². The number of likely N-dealkylation sites (tertiary alicyclic amines) is 1. The van der Waals surface area contributed by atoms with E-state index in [0.29, 0.717) is 11.3 Å². The van der Waals surface area contributed by atoms with Crippen molar-refractivity contribution >= 4 is 26.5 Å². The van der Waals surface area contributed by atoms with Crippen LogP contribution in [0.4, 0.5) is 0 Å². The maximum Gasteiger partial charge on any atom is 0.220 e. The fraction of sp³-hybridized carbons (Fsp3) is 0.452. The molecule has 196 valence electrons. The van der Waals surface area contributed by atoms with Crippen LogP contribution in [-0.4, -0.2) is 37.6 Å². The predicted molar refractivity (Wildman–Crippen MR) is 149 cm³/mol. The Kier molecular flexibility index (Phi) is 7.96. The minimum absolute atomic E-state index is 0.00712. The molecule has 1 heterocycles. The summed E-state index contributed by atoms with van der Waals surface area (Å²) in [5, 5.41) is 4.49. The van der Waals surface area contributed by atoms with Crippen molar-refractivity contribution in [1.29, 1.82) is 0 Å². The molecule has 2 aliphatic rings. The van der Waals surface area contributed by atoms with E-state index in [-0.39, 0.29) is 18.4 Å². The van der Waals surface area contributed by atoms with E-state index in [1.807, 2.05) is 30.3 Å². The van der Waals surface area contributed by atoms with Gasteiger partial charge in [0, 0.05) is 13.0 Å². The Morgan fingerprint density at radius 1 is 0.973 bits per heavy atom. The van der Waals surface area contributed by atoms with Crippen molar-refractivity contribution in [2.45, 2.75) is 81.0 Å². The van der Waals surface area contributed by atoms with E-state index in [2.05, 4.69) is 28.4 Å². The Morgan fingerprint density at radius 2 is 1.76 bits per heavy atom. The first-order valence-electron chi connectivity index (χ1n) is 13.8. The number of hydrogen-bond donors (Lipinski definition) is 1. The van der Waals surface area contributed by atoms with Gasteiger partial charge in [0.2, 0.25) is 5.91 Å². The number of piperidine rings is 1. The minimum Gasteiger partial charge on any atom is -0.349 e. The highest BCUT2D eigenvalue weighted by Gasteiger charge is 2.26. The van der Waals surface area contributed by atoms with Crippen LogP contribution in [0.2, 0.25) is 0 Å². The van der Waals surface area contributed by atoms with Gasteiger partial charge in [0.25, 0.3) is 0 Å². The van der Waals surface area contributed by atoms with E-state index in [1.54, 1.807) is 19.1 Å². The van der Waals surface area contributed by atoms with Crippen molar-refractivity contribution in [2.24, 2.45) is 0 Å². The highest BCUT2D eigenvalue weighted by Crippen LogP contribution is 2.31. The highest BCUT2D eigenvalue weighted by molar-refractivity contribution is 7.92. The Hall–Kier alpha value is -2.70. The third-order valence-electron chi connectivity index (χ3n) is 8.07. The van der Waals surface area contributed by atoms with Gasteiger partial charge in [-0.3, -0.25) is 9.69 Å². The standard InChI is InChI=1S/C31H38N2O3S/c1-23(37(35,36)28-15-14-25-8-3-4-9-26(25)21-28)12-17-31(34)32-30-11-7-10-27-20-24(13-16-29(27)30)22-33-18-5-2-6-19-33/h3-4,8-9,13-16,20-21,23,30H,2,5-7,10-12,17-19,22H2,1H3,(H,32,34)/t23?,30-/m1/s1. The molecule has 3 aromatic rings. The number of amides is 1. The average Bonchev–Trinajstić information content (AvgIpc) is 2.92. The molecule has 1 aliphatic heterocycles. The number of carbonyl (C=O) groups excluding carboxylic acids is 1. The zero-order valence-electron chi connectivity index (χ0n) is 21.8. The molecule has 1 saturated heterocycles. The highest BCUT2D eigenvalue weighted by atomic mass is 32.2. The molecule has 5 rings (SSSR count). The number of carbonyl (C=O) groups is 1. The lowest BCUT2D eigenvalue weighted by Crippen LogP contribution is -2.32. The summed E-state index contributed by atoms with van der Waals surface area (Å²) in [4.78, 5) is 15.7. The smallest absolute Gasteiger partial charge is 0.220 e. The van der Waals surface area contributed by atoms with E-state index in [1.165, 1.54) is 49.0 Å². The number of nitrogens with one attached hydrogen (secondary N) is 1. The van der Waals surface area contributed by atoms with E-state index in [0.717, 1.165) is 36.6 Å². The van der Waals surface area contributed by atoms with E-state index < -0.39 is 15.1 Å². The van der Waals surface area contributed by atoms with Crippen molar-refractivity contribution < 1.29 is 13.2 Å². The molecule has 0 saturated carbocycles. The van der Waals surface area contributed by atoms with E-state index in [4.69, 9.17) is 0 Å². The molecule has 0 bridgehead atoms. The van der Waals surface area contributed by atoms with Crippen LogP contribution in [0.3, 0.4) is 0 Å². The van der Waals surface area contributed by atoms with Crippen LogP contribution in [0.15, 0.2) is 65.6 Å². The molecule has 0 aromatic heterocycles. The van der Waals surface area contributed by atoms with Crippen LogP contribution in [-0.2, 0) is 27.6 Å². The predicted octanol–water partition coefficient (Wildman–Crippen LogP) is 5.96. The lowest BCUT2D eigenvalue weighted by molar-refractivity contribution is -0.122.